The number of hydrogen-bond acceptors (Lipinski definition) is 2. The first-order valence-corrected chi connectivity index (χ1v) is 7.73. The maximum absolute atomic E-state index is 12.6. The van der Waals surface area contributed by atoms with Crippen molar-refractivity contribution < 1.29 is 9.53 Å². The molecule has 0 unspecified atom stereocenters. The Morgan fingerprint density at radius 2 is 1.45 bits per heavy atom. The molecule has 0 radical (unpaired) electrons. The molecular formula is C19H21NO2. The number of amides is 1. The zero-order chi connectivity index (χ0) is 15.5. The van der Waals surface area contributed by atoms with Crippen molar-refractivity contribution in [3.63, 3.8) is 0 Å². The number of carbonyl (C=O) groups excluding carboxylic acids is 1. The molecule has 1 heterocycles. The highest BCUT2D eigenvalue weighted by Gasteiger charge is 2.26. The Morgan fingerprint density at radius 1 is 0.909 bits per heavy atom. The number of rotatable bonds is 2. The van der Waals surface area contributed by atoms with Gasteiger partial charge >= 0.3 is 0 Å². The molecule has 2 atom stereocenters. The molecule has 1 saturated heterocycles. The van der Waals surface area contributed by atoms with E-state index in [1.165, 1.54) is 0 Å². The van der Waals surface area contributed by atoms with Gasteiger partial charge in [0.1, 0.15) is 0 Å². The SMILES string of the molecule is C[C@@H]1CN(C(=O)c2ccc(-c3ccccc3)cc2)C[C@H](C)O1. The number of ether oxygens (including phenoxy) is 1. The molecule has 0 aromatic heterocycles. The highest BCUT2D eigenvalue weighted by Crippen LogP contribution is 2.20. The average Bonchev–Trinajstić information content (AvgIpc) is 2.54. The van der Waals surface area contributed by atoms with Crippen LogP contribution in [-0.4, -0.2) is 36.1 Å². The van der Waals surface area contributed by atoms with Crippen molar-refractivity contribution in [2.75, 3.05) is 13.1 Å². The number of hydrogen-bond donors (Lipinski definition) is 0. The molecule has 0 bridgehead atoms. The van der Waals surface area contributed by atoms with Crippen molar-refractivity contribution in [3.8, 4) is 11.1 Å². The van der Waals surface area contributed by atoms with Gasteiger partial charge in [0.2, 0.25) is 0 Å². The molecule has 1 aliphatic heterocycles. The van der Waals surface area contributed by atoms with Gasteiger partial charge in [-0.1, -0.05) is 42.5 Å². The summed E-state index contributed by atoms with van der Waals surface area (Å²) in [6.45, 7) is 5.33. The Balaban J connectivity index is 1.76. The van der Waals surface area contributed by atoms with Gasteiger partial charge in [0.25, 0.3) is 5.91 Å². The van der Waals surface area contributed by atoms with Gasteiger partial charge in [-0.3, -0.25) is 4.79 Å². The molecule has 0 aliphatic carbocycles. The van der Waals surface area contributed by atoms with Gasteiger partial charge in [-0.2, -0.15) is 0 Å². The van der Waals surface area contributed by atoms with Gasteiger partial charge in [0.15, 0.2) is 0 Å². The molecule has 2 aromatic rings. The van der Waals surface area contributed by atoms with Gasteiger partial charge < -0.3 is 9.64 Å². The first-order valence-electron chi connectivity index (χ1n) is 7.73. The lowest BCUT2D eigenvalue weighted by molar-refractivity contribution is -0.0586. The van der Waals surface area contributed by atoms with E-state index in [1.54, 1.807) is 0 Å². The normalized spacial score (nSPS) is 21.6. The highest BCUT2D eigenvalue weighted by atomic mass is 16.5. The zero-order valence-electron chi connectivity index (χ0n) is 13.0. The minimum absolute atomic E-state index is 0.0848. The van der Waals surface area contributed by atoms with Crippen molar-refractivity contribution in [2.24, 2.45) is 0 Å². The van der Waals surface area contributed by atoms with E-state index < -0.39 is 0 Å². The van der Waals surface area contributed by atoms with Crippen LogP contribution in [0.3, 0.4) is 0 Å². The fourth-order valence-corrected chi connectivity index (χ4v) is 2.96. The molecule has 114 valence electrons. The first-order chi connectivity index (χ1) is 10.6. The lowest BCUT2D eigenvalue weighted by atomic mass is 10.0. The van der Waals surface area contributed by atoms with E-state index in [4.69, 9.17) is 4.74 Å². The first kappa shape index (κ1) is 14.8. The lowest BCUT2D eigenvalue weighted by Gasteiger charge is -2.35. The second-order valence-electron chi connectivity index (χ2n) is 5.91. The van der Waals surface area contributed by atoms with E-state index in [2.05, 4.69) is 12.1 Å². The van der Waals surface area contributed by atoms with Crippen LogP contribution in [-0.2, 0) is 4.74 Å². The van der Waals surface area contributed by atoms with Crippen LogP contribution in [0, 0.1) is 0 Å². The number of benzene rings is 2. The molecule has 2 aromatic carbocycles. The smallest absolute Gasteiger partial charge is 0.254 e. The van der Waals surface area contributed by atoms with E-state index in [9.17, 15) is 4.79 Å². The van der Waals surface area contributed by atoms with Crippen molar-refractivity contribution in [1.29, 1.82) is 0 Å². The van der Waals surface area contributed by atoms with Crippen LogP contribution in [0.25, 0.3) is 11.1 Å². The Hall–Kier alpha value is -2.13. The molecule has 1 amide bonds. The van der Waals surface area contributed by atoms with E-state index >= 15 is 0 Å². The van der Waals surface area contributed by atoms with E-state index in [0.29, 0.717) is 13.1 Å². The van der Waals surface area contributed by atoms with Crippen LogP contribution in [0.1, 0.15) is 24.2 Å². The number of carbonyl (C=O) groups is 1. The minimum Gasteiger partial charge on any atom is -0.372 e. The maximum atomic E-state index is 12.6. The Labute approximate surface area is 131 Å². The third-order valence-electron chi connectivity index (χ3n) is 3.95. The lowest BCUT2D eigenvalue weighted by Crippen LogP contribution is -2.48. The Kier molecular flexibility index (Phi) is 4.25. The minimum atomic E-state index is 0.0848. The van der Waals surface area contributed by atoms with Gasteiger partial charge in [-0.05, 0) is 37.1 Å². The predicted molar refractivity (Wildman–Crippen MR) is 87.8 cm³/mol. The molecule has 3 nitrogen and oxygen atoms in total. The molecule has 1 fully saturated rings. The van der Waals surface area contributed by atoms with Crippen LogP contribution >= 0.6 is 0 Å². The van der Waals surface area contributed by atoms with Crippen molar-refractivity contribution >= 4 is 5.91 Å². The fraction of sp³-hybridized carbons (Fsp3) is 0.316. The maximum Gasteiger partial charge on any atom is 0.254 e. The molecule has 1 aliphatic rings. The third-order valence-corrected chi connectivity index (χ3v) is 3.95. The predicted octanol–water partition coefficient (Wildman–Crippen LogP) is 3.60. The molecule has 0 saturated carbocycles. The molecule has 3 heteroatoms. The van der Waals surface area contributed by atoms with Gasteiger partial charge in [-0.25, -0.2) is 0 Å². The summed E-state index contributed by atoms with van der Waals surface area (Å²) in [4.78, 5) is 14.5. The molecule has 0 N–H and O–H groups in total. The van der Waals surface area contributed by atoms with E-state index in [1.807, 2.05) is 61.2 Å². The summed E-state index contributed by atoms with van der Waals surface area (Å²) in [5, 5.41) is 0. The fourth-order valence-electron chi connectivity index (χ4n) is 2.96. The second kappa shape index (κ2) is 6.32. The van der Waals surface area contributed by atoms with E-state index in [-0.39, 0.29) is 18.1 Å². The summed E-state index contributed by atoms with van der Waals surface area (Å²) in [7, 11) is 0. The number of morpholine rings is 1. The summed E-state index contributed by atoms with van der Waals surface area (Å²) < 4.78 is 5.69. The van der Waals surface area contributed by atoms with Gasteiger partial charge in [0, 0.05) is 18.7 Å². The summed E-state index contributed by atoms with van der Waals surface area (Å²) in [5.41, 5.74) is 3.02. The molecule has 22 heavy (non-hydrogen) atoms. The third kappa shape index (κ3) is 3.20. The summed E-state index contributed by atoms with van der Waals surface area (Å²) in [6.07, 6.45) is 0.188. The Morgan fingerprint density at radius 3 is 2.05 bits per heavy atom. The molecular weight excluding hydrogens is 274 g/mol. The number of nitrogens with zero attached hydrogens (tertiary/aromatic N) is 1. The summed E-state index contributed by atoms with van der Waals surface area (Å²) in [6, 6.07) is 18.0. The molecule has 3 rings (SSSR count). The standard InChI is InChI=1S/C19H21NO2/c1-14-12-20(13-15(2)22-14)19(21)18-10-8-17(9-11-18)16-6-4-3-5-7-16/h3-11,14-15H,12-13H2,1-2H3/t14-,15+. The highest BCUT2D eigenvalue weighted by molar-refractivity contribution is 5.94. The largest absolute Gasteiger partial charge is 0.372 e. The van der Waals surface area contributed by atoms with Crippen LogP contribution in [0.5, 0.6) is 0 Å². The topological polar surface area (TPSA) is 29.5 Å². The molecule has 0 spiro atoms. The summed E-state index contributed by atoms with van der Waals surface area (Å²) >= 11 is 0. The average molecular weight is 295 g/mol. The van der Waals surface area contributed by atoms with Gasteiger partial charge in [-0.15, -0.1) is 0 Å². The van der Waals surface area contributed by atoms with E-state index in [0.717, 1.165) is 16.7 Å². The summed E-state index contributed by atoms with van der Waals surface area (Å²) in [5.74, 6) is 0.0848. The van der Waals surface area contributed by atoms with Crippen LogP contribution in [0.15, 0.2) is 54.6 Å². The van der Waals surface area contributed by atoms with Crippen molar-refractivity contribution in [1.82, 2.24) is 4.90 Å². The van der Waals surface area contributed by atoms with Crippen LogP contribution in [0.2, 0.25) is 0 Å². The van der Waals surface area contributed by atoms with Crippen molar-refractivity contribution in [2.45, 2.75) is 26.1 Å². The van der Waals surface area contributed by atoms with Gasteiger partial charge in [0.05, 0.1) is 12.2 Å². The van der Waals surface area contributed by atoms with Crippen molar-refractivity contribution in [3.05, 3.63) is 60.2 Å². The second-order valence-corrected chi connectivity index (χ2v) is 5.91. The van der Waals surface area contributed by atoms with Crippen LogP contribution < -0.4 is 0 Å². The van der Waals surface area contributed by atoms with Crippen LogP contribution in [0.4, 0.5) is 0 Å². The zero-order valence-corrected chi connectivity index (χ0v) is 13.0. The quantitative estimate of drug-likeness (QED) is 0.847. The Bertz CT molecular complexity index is 626. The monoisotopic (exact) mass is 295 g/mol.